The van der Waals surface area contributed by atoms with Crippen LogP contribution in [0.4, 0.5) is 0 Å². The van der Waals surface area contributed by atoms with Gasteiger partial charge >= 0.3 is 11.9 Å². The van der Waals surface area contributed by atoms with Gasteiger partial charge in [0, 0.05) is 18.7 Å². The van der Waals surface area contributed by atoms with Crippen LogP contribution in [0.3, 0.4) is 0 Å². The van der Waals surface area contributed by atoms with E-state index in [1.807, 2.05) is 13.8 Å². The van der Waals surface area contributed by atoms with Gasteiger partial charge in [-0.05, 0) is 52.8 Å². The first-order valence-corrected chi connectivity index (χ1v) is 7.50. The molecule has 6 heteroatoms. The summed E-state index contributed by atoms with van der Waals surface area (Å²) < 4.78 is 5.25. The number of esters is 1. The zero-order valence-electron chi connectivity index (χ0n) is 14.2. The maximum absolute atomic E-state index is 12.4. The lowest BCUT2D eigenvalue weighted by molar-refractivity contribution is 0.00695. The Morgan fingerprint density at radius 1 is 1.00 bits per heavy atom. The highest BCUT2D eigenvalue weighted by molar-refractivity contribution is 6.01. The average molecular weight is 321 g/mol. The Bertz CT molecular complexity index is 612. The highest BCUT2D eigenvalue weighted by Gasteiger charge is 2.22. The molecule has 1 aromatic carbocycles. The molecule has 0 aliphatic carbocycles. The van der Waals surface area contributed by atoms with E-state index in [-0.39, 0.29) is 22.6 Å². The molecule has 0 saturated carbocycles. The molecule has 0 atom stereocenters. The van der Waals surface area contributed by atoms with E-state index >= 15 is 0 Å². The number of carbonyl (C=O) groups excluding carboxylic acids is 2. The molecule has 0 radical (unpaired) electrons. The van der Waals surface area contributed by atoms with Gasteiger partial charge in [-0.2, -0.15) is 0 Å². The first-order chi connectivity index (χ1) is 10.6. The van der Waals surface area contributed by atoms with Crippen molar-refractivity contribution in [2.24, 2.45) is 0 Å². The van der Waals surface area contributed by atoms with Crippen LogP contribution in [0, 0.1) is 0 Å². The van der Waals surface area contributed by atoms with Gasteiger partial charge in [0.05, 0.1) is 11.1 Å². The van der Waals surface area contributed by atoms with Crippen LogP contribution in [0.25, 0.3) is 0 Å². The molecule has 0 aromatic heterocycles. The molecule has 6 nitrogen and oxygen atoms in total. The molecule has 0 spiro atoms. The average Bonchev–Trinajstić information content (AvgIpc) is 2.46. The third-order valence-corrected chi connectivity index (χ3v) is 3.11. The SMILES string of the molecule is CCN(CC)C(=O)c1cc(C(=O)O)cc(C(=O)OC(C)(C)C)c1. The minimum atomic E-state index is -1.20. The van der Waals surface area contributed by atoms with E-state index in [4.69, 9.17) is 4.74 Å². The highest BCUT2D eigenvalue weighted by Crippen LogP contribution is 2.17. The van der Waals surface area contributed by atoms with Gasteiger partial charge in [0.2, 0.25) is 0 Å². The van der Waals surface area contributed by atoms with Crippen LogP contribution in [-0.2, 0) is 4.74 Å². The Kier molecular flexibility index (Phi) is 5.90. The van der Waals surface area contributed by atoms with Crippen molar-refractivity contribution < 1.29 is 24.2 Å². The molecule has 126 valence electrons. The second-order valence-corrected chi connectivity index (χ2v) is 6.08. The van der Waals surface area contributed by atoms with E-state index in [1.165, 1.54) is 18.2 Å². The molecule has 0 unspecified atom stereocenters. The number of aromatic carboxylic acids is 1. The molecule has 0 aliphatic rings. The van der Waals surface area contributed by atoms with E-state index in [1.54, 1.807) is 25.7 Å². The number of hydrogen-bond acceptors (Lipinski definition) is 4. The minimum Gasteiger partial charge on any atom is -0.478 e. The largest absolute Gasteiger partial charge is 0.478 e. The summed E-state index contributed by atoms with van der Waals surface area (Å²) in [7, 11) is 0. The fraction of sp³-hybridized carbons (Fsp3) is 0.471. The number of amides is 1. The lowest BCUT2D eigenvalue weighted by atomic mass is 10.0. The van der Waals surface area contributed by atoms with Gasteiger partial charge in [-0.25, -0.2) is 9.59 Å². The second-order valence-electron chi connectivity index (χ2n) is 6.08. The number of carboxylic acids is 1. The van der Waals surface area contributed by atoms with Crippen LogP contribution >= 0.6 is 0 Å². The van der Waals surface area contributed by atoms with Crippen molar-refractivity contribution in [3.63, 3.8) is 0 Å². The van der Waals surface area contributed by atoms with Gasteiger partial charge in [-0.15, -0.1) is 0 Å². The Balaban J connectivity index is 3.30. The van der Waals surface area contributed by atoms with Crippen LogP contribution in [-0.4, -0.2) is 46.5 Å². The van der Waals surface area contributed by atoms with Crippen molar-refractivity contribution in [3.05, 3.63) is 34.9 Å². The molecule has 0 aliphatic heterocycles. The summed E-state index contributed by atoms with van der Waals surface area (Å²) in [6.07, 6.45) is 0. The van der Waals surface area contributed by atoms with E-state index < -0.39 is 17.5 Å². The van der Waals surface area contributed by atoms with Gasteiger partial charge < -0.3 is 14.7 Å². The third-order valence-electron chi connectivity index (χ3n) is 3.11. The fourth-order valence-corrected chi connectivity index (χ4v) is 2.02. The summed E-state index contributed by atoms with van der Waals surface area (Å²) in [5, 5.41) is 9.21. The maximum atomic E-state index is 12.4. The van der Waals surface area contributed by atoms with Crippen LogP contribution in [0.1, 0.15) is 65.7 Å². The Labute approximate surface area is 136 Å². The number of carboxylic acid groups (broad SMARTS) is 1. The number of rotatable bonds is 5. The van der Waals surface area contributed by atoms with Gasteiger partial charge in [0.1, 0.15) is 5.60 Å². The molecule has 1 N–H and O–H groups in total. The van der Waals surface area contributed by atoms with Gasteiger partial charge in [0.25, 0.3) is 5.91 Å². The molecular weight excluding hydrogens is 298 g/mol. The minimum absolute atomic E-state index is 0.0512. The van der Waals surface area contributed by atoms with Crippen molar-refractivity contribution in [2.45, 2.75) is 40.2 Å². The predicted molar refractivity (Wildman–Crippen MR) is 85.8 cm³/mol. The zero-order valence-corrected chi connectivity index (χ0v) is 14.2. The van der Waals surface area contributed by atoms with Crippen LogP contribution < -0.4 is 0 Å². The monoisotopic (exact) mass is 321 g/mol. The van der Waals surface area contributed by atoms with Crippen molar-refractivity contribution in [3.8, 4) is 0 Å². The van der Waals surface area contributed by atoms with Crippen molar-refractivity contribution in [1.29, 1.82) is 0 Å². The molecule has 0 saturated heterocycles. The molecule has 0 fully saturated rings. The van der Waals surface area contributed by atoms with Crippen molar-refractivity contribution in [1.82, 2.24) is 4.90 Å². The number of nitrogens with zero attached hydrogens (tertiary/aromatic N) is 1. The lowest BCUT2D eigenvalue weighted by Crippen LogP contribution is -2.31. The quantitative estimate of drug-likeness (QED) is 0.843. The topological polar surface area (TPSA) is 83.9 Å². The second kappa shape index (κ2) is 7.26. The molecule has 0 bridgehead atoms. The number of ether oxygens (including phenoxy) is 1. The molecule has 1 aromatic rings. The van der Waals surface area contributed by atoms with E-state index in [0.29, 0.717) is 13.1 Å². The first-order valence-electron chi connectivity index (χ1n) is 7.50. The van der Waals surface area contributed by atoms with Crippen LogP contribution in [0.5, 0.6) is 0 Å². The van der Waals surface area contributed by atoms with Crippen molar-refractivity contribution in [2.75, 3.05) is 13.1 Å². The summed E-state index contributed by atoms with van der Waals surface area (Å²) >= 11 is 0. The number of benzene rings is 1. The third kappa shape index (κ3) is 5.09. The normalized spacial score (nSPS) is 11.0. The molecule has 0 heterocycles. The molecule has 1 amide bonds. The smallest absolute Gasteiger partial charge is 0.338 e. The van der Waals surface area contributed by atoms with Crippen LogP contribution in [0.15, 0.2) is 18.2 Å². The standard InChI is InChI=1S/C17H23NO5/c1-6-18(7-2)14(19)11-8-12(15(20)21)10-13(9-11)16(22)23-17(3,4)5/h8-10H,6-7H2,1-5H3,(H,20,21). The van der Waals surface area contributed by atoms with E-state index in [0.717, 1.165) is 0 Å². The lowest BCUT2D eigenvalue weighted by Gasteiger charge is -2.21. The fourth-order valence-electron chi connectivity index (χ4n) is 2.02. The predicted octanol–water partition coefficient (Wildman–Crippen LogP) is 2.82. The molecular formula is C17H23NO5. The molecule has 1 rings (SSSR count). The molecule has 23 heavy (non-hydrogen) atoms. The van der Waals surface area contributed by atoms with E-state index in [2.05, 4.69) is 0 Å². The van der Waals surface area contributed by atoms with E-state index in [9.17, 15) is 19.5 Å². The van der Waals surface area contributed by atoms with Crippen molar-refractivity contribution >= 4 is 17.8 Å². The maximum Gasteiger partial charge on any atom is 0.338 e. The Morgan fingerprint density at radius 2 is 1.48 bits per heavy atom. The summed E-state index contributed by atoms with van der Waals surface area (Å²) in [5.41, 5.74) is -0.618. The van der Waals surface area contributed by atoms with Crippen LogP contribution in [0.2, 0.25) is 0 Å². The summed E-state index contributed by atoms with van der Waals surface area (Å²) in [4.78, 5) is 37.4. The van der Waals surface area contributed by atoms with Gasteiger partial charge in [-0.1, -0.05) is 0 Å². The Morgan fingerprint density at radius 3 is 1.91 bits per heavy atom. The van der Waals surface area contributed by atoms with Gasteiger partial charge in [-0.3, -0.25) is 4.79 Å². The van der Waals surface area contributed by atoms with Gasteiger partial charge in [0.15, 0.2) is 0 Å². The summed E-state index contributed by atoms with van der Waals surface area (Å²) in [6, 6.07) is 3.87. The zero-order chi connectivity index (χ0) is 17.8. The first kappa shape index (κ1) is 18.7. The summed E-state index contributed by atoms with van der Waals surface area (Å²) in [6.45, 7) is 9.80. The Hall–Kier alpha value is -2.37. The number of carbonyl (C=O) groups is 3. The highest BCUT2D eigenvalue weighted by atomic mass is 16.6. The summed E-state index contributed by atoms with van der Waals surface area (Å²) in [5.74, 6) is -2.18. The number of hydrogen-bond donors (Lipinski definition) is 1.